The molecule has 0 saturated carbocycles. The summed E-state index contributed by atoms with van der Waals surface area (Å²) in [6.45, 7) is 22.5. The third-order valence-corrected chi connectivity index (χ3v) is 0. The van der Waals surface area contributed by atoms with E-state index in [1.807, 2.05) is 0 Å². The molecule has 0 aliphatic heterocycles. The van der Waals surface area contributed by atoms with Crippen LogP contribution < -0.4 is 59.1 Å². The molecule has 0 heterocycles. The number of rotatable bonds is 0. The smallest absolute Gasteiger partial charge is 0 e. The largest absolute Gasteiger partial charge is 1.00 e. The first-order valence-corrected chi connectivity index (χ1v) is 1.02. The fourth-order valence-electron chi connectivity index (χ4n) is 0. The van der Waals surface area contributed by atoms with Crippen LogP contribution in [0, 0.1) is 33.3 Å². The first-order chi connectivity index (χ1) is 5.00. The molecular formula is C5Na2O5W+2. The van der Waals surface area contributed by atoms with Gasteiger partial charge in [0.1, 0.15) is 0 Å². The fourth-order valence-corrected chi connectivity index (χ4v) is 0. The van der Waals surface area contributed by atoms with Gasteiger partial charge in [-0.1, -0.05) is 0 Å². The molecule has 0 aliphatic rings. The standard InChI is InChI=1S/5CO.2Na.W/c5*1-2;;;/q;;;;;2*+1;. The van der Waals surface area contributed by atoms with Gasteiger partial charge < -0.3 is 0 Å². The summed E-state index contributed by atoms with van der Waals surface area (Å²) >= 11 is 0. The van der Waals surface area contributed by atoms with Gasteiger partial charge in [0.25, 0.3) is 0 Å². The van der Waals surface area contributed by atoms with Gasteiger partial charge in [0, 0.05) is 21.1 Å². The molecule has 0 rings (SSSR count). The molecule has 13 heavy (non-hydrogen) atoms. The zero-order valence-corrected chi connectivity index (χ0v) is 13.9. The normalized spacial score (nSPS) is 0.769. The molecule has 0 fully saturated rings. The van der Waals surface area contributed by atoms with E-state index in [1.54, 1.807) is 0 Å². The van der Waals surface area contributed by atoms with Crippen molar-refractivity contribution in [3.05, 3.63) is 33.3 Å². The monoisotopic (exact) mass is 370 g/mol. The van der Waals surface area contributed by atoms with Gasteiger partial charge in [-0.2, -0.15) is 0 Å². The van der Waals surface area contributed by atoms with Crippen LogP contribution in [0.3, 0.4) is 0 Å². The molecule has 0 aromatic heterocycles. The Morgan fingerprint density at radius 3 is 0.385 bits per heavy atom. The van der Waals surface area contributed by atoms with Crippen molar-refractivity contribution < 1.29 is 103 Å². The molecule has 0 bridgehead atoms. The second kappa shape index (κ2) is 1070. The van der Waals surface area contributed by atoms with Crippen molar-refractivity contribution in [2.75, 3.05) is 0 Å². The van der Waals surface area contributed by atoms with Crippen molar-refractivity contribution in [2.45, 2.75) is 0 Å². The molecule has 56 valence electrons. The molecule has 0 amide bonds. The summed E-state index contributed by atoms with van der Waals surface area (Å²) in [6, 6.07) is 0. The van der Waals surface area contributed by atoms with Gasteiger partial charge in [-0.15, -0.1) is 0 Å². The van der Waals surface area contributed by atoms with Crippen LogP contribution in [0.25, 0.3) is 0 Å². The Labute approximate surface area is 135 Å². The molecule has 5 nitrogen and oxygen atoms in total. The van der Waals surface area contributed by atoms with Crippen LogP contribution in [0.2, 0.25) is 0 Å². The van der Waals surface area contributed by atoms with Gasteiger partial charge in [-0.25, -0.2) is 0 Å². The second-order valence-corrected chi connectivity index (χ2v) is 0. The van der Waals surface area contributed by atoms with E-state index in [4.69, 9.17) is 23.3 Å². The third kappa shape index (κ3) is 901. The summed E-state index contributed by atoms with van der Waals surface area (Å²) in [6.07, 6.45) is 0. The average molecular weight is 370 g/mol. The predicted octanol–water partition coefficient (Wildman–Crippen LogP) is -6.18. The van der Waals surface area contributed by atoms with Crippen LogP contribution in [-0.2, 0) is 44.3 Å². The van der Waals surface area contributed by atoms with E-state index in [0.717, 1.165) is 0 Å². The van der Waals surface area contributed by atoms with Gasteiger partial charge in [-0.05, 0) is 0 Å². The van der Waals surface area contributed by atoms with Crippen LogP contribution in [0.4, 0.5) is 0 Å². The number of hydrogen-bond donors (Lipinski definition) is 0. The van der Waals surface area contributed by atoms with Crippen molar-refractivity contribution in [2.24, 2.45) is 0 Å². The molecule has 0 spiro atoms. The Balaban J connectivity index is -0.00000000379. The first-order valence-electron chi connectivity index (χ1n) is 1.02. The average Bonchev–Trinajstić information content (AvgIpc) is 2.20. The van der Waals surface area contributed by atoms with E-state index in [1.165, 1.54) is 0 Å². The van der Waals surface area contributed by atoms with Crippen molar-refractivity contribution in [1.29, 1.82) is 0 Å². The molecule has 0 unspecified atom stereocenters. The zero-order valence-electron chi connectivity index (χ0n) is 6.95. The SMILES string of the molecule is [C-]#[O+].[C-]#[O+].[C-]#[O+].[C-]#[O+].[C-]#[O+].[Na+].[Na+].[W]. The summed E-state index contributed by atoms with van der Waals surface area (Å²) in [4.78, 5) is 0. The first kappa shape index (κ1) is 63.2. The Bertz CT molecular complexity index is 81.5. The molecule has 0 aromatic carbocycles. The Morgan fingerprint density at radius 1 is 0.385 bits per heavy atom. The van der Waals surface area contributed by atoms with Gasteiger partial charge in [0.05, 0.1) is 0 Å². The quantitative estimate of drug-likeness (QED) is 0.230. The predicted molar refractivity (Wildman–Crippen MR) is 19.6 cm³/mol. The molecule has 8 heteroatoms. The minimum atomic E-state index is 0. The maximum absolute atomic E-state index is 7.50. The number of hydrogen-bond acceptors (Lipinski definition) is 0. The van der Waals surface area contributed by atoms with Crippen molar-refractivity contribution in [3.63, 3.8) is 0 Å². The molecule has 0 aromatic rings. The second-order valence-electron chi connectivity index (χ2n) is 0. The van der Waals surface area contributed by atoms with Crippen LogP contribution in [0.15, 0.2) is 0 Å². The minimum Gasteiger partial charge on any atom is 0 e. The van der Waals surface area contributed by atoms with Gasteiger partial charge in [0.15, 0.2) is 0 Å². The fraction of sp³-hybridized carbons (Fsp3) is 0. The van der Waals surface area contributed by atoms with E-state index < -0.39 is 0 Å². The molecule has 0 saturated heterocycles. The summed E-state index contributed by atoms with van der Waals surface area (Å²) in [7, 11) is 0. The zero-order chi connectivity index (χ0) is 10.0. The van der Waals surface area contributed by atoms with E-state index in [9.17, 15) is 0 Å². The van der Waals surface area contributed by atoms with Gasteiger partial charge in [0.2, 0.25) is 0 Å². The topological polar surface area (TPSA) is 99.5 Å². The van der Waals surface area contributed by atoms with E-state index >= 15 is 0 Å². The van der Waals surface area contributed by atoms with Crippen LogP contribution in [-0.4, -0.2) is 0 Å². The summed E-state index contributed by atoms with van der Waals surface area (Å²) in [5.41, 5.74) is 0. The van der Waals surface area contributed by atoms with E-state index in [0.29, 0.717) is 0 Å². The maximum Gasteiger partial charge on any atom is 1.00 e. The molecular weight excluding hydrogens is 370 g/mol. The van der Waals surface area contributed by atoms with Crippen LogP contribution in [0.1, 0.15) is 0 Å². The molecule has 0 radical (unpaired) electrons. The molecule has 0 atom stereocenters. The summed E-state index contributed by atoms with van der Waals surface area (Å²) in [5, 5.41) is 0. The molecule has 0 N–H and O–H groups in total. The van der Waals surface area contributed by atoms with E-state index in [-0.39, 0.29) is 80.2 Å². The minimum absolute atomic E-state index is 0. The maximum atomic E-state index is 7.50. The van der Waals surface area contributed by atoms with Gasteiger partial charge >= 0.3 is 116 Å². The molecule has 0 aliphatic carbocycles. The Hall–Kier alpha value is 1.39. The van der Waals surface area contributed by atoms with Gasteiger partial charge in [-0.3, -0.25) is 0 Å². The van der Waals surface area contributed by atoms with Crippen LogP contribution in [0.5, 0.6) is 0 Å². The Morgan fingerprint density at radius 2 is 0.385 bits per heavy atom. The van der Waals surface area contributed by atoms with Crippen molar-refractivity contribution in [1.82, 2.24) is 0 Å². The summed E-state index contributed by atoms with van der Waals surface area (Å²) < 4.78 is 37.5. The van der Waals surface area contributed by atoms with Crippen LogP contribution >= 0.6 is 0 Å². The van der Waals surface area contributed by atoms with Crippen molar-refractivity contribution >= 4 is 0 Å². The van der Waals surface area contributed by atoms with E-state index in [2.05, 4.69) is 33.3 Å². The van der Waals surface area contributed by atoms with Crippen molar-refractivity contribution in [3.8, 4) is 0 Å². The Kier molecular flexibility index (Phi) is 5180. The summed E-state index contributed by atoms with van der Waals surface area (Å²) in [5.74, 6) is 0. The third-order valence-electron chi connectivity index (χ3n) is 0.